The van der Waals surface area contributed by atoms with Crippen molar-refractivity contribution in [2.24, 2.45) is 5.92 Å². The summed E-state index contributed by atoms with van der Waals surface area (Å²) in [5.74, 6) is 1.67. The molecule has 0 radical (unpaired) electrons. The van der Waals surface area contributed by atoms with Crippen molar-refractivity contribution in [2.75, 3.05) is 13.2 Å². The number of fused-ring (bicyclic) bond motifs is 2. The third-order valence-corrected chi connectivity index (χ3v) is 5.05. The topological polar surface area (TPSA) is 76.2 Å². The van der Waals surface area contributed by atoms with Gasteiger partial charge in [-0.05, 0) is 24.1 Å². The Hall–Kier alpha value is -2.73. The van der Waals surface area contributed by atoms with E-state index in [1.807, 2.05) is 38.1 Å². The number of rotatable bonds is 4. The van der Waals surface area contributed by atoms with Gasteiger partial charge < -0.3 is 19.8 Å². The minimum absolute atomic E-state index is 0.128. The average Bonchev–Trinajstić information content (AvgIpc) is 2.97. The van der Waals surface area contributed by atoms with Crippen molar-refractivity contribution < 1.29 is 14.3 Å². The molecule has 1 atom stereocenters. The second-order valence-corrected chi connectivity index (χ2v) is 7.57. The van der Waals surface area contributed by atoms with E-state index < -0.39 is 0 Å². The summed E-state index contributed by atoms with van der Waals surface area (Å²) in [6, 6.07) is 10.8. The predicted octanol–water partition coefficient (Wildman–Crippen LogP) is 4.50. The number of amides is 1. The number of benzene rings is 2. The molecule has 2 heterocycles. The summed E-state index contributed by atoms with van der Waals surface area (Å²) in [4.78, 5) is 20.9. The van der Waals surface area contributed by atoms with E-state index in [1.165, 1.54) is 0 Å². The van der Waals surface area contributed by atoms with Crippen molar-refractivity contribution >= 4 is 28.5 Å². The first kappa shape index (κ1) is 18.6. The molecule has 1 unspecified atom stereocenters. The van der Waals surface area contributed by atoms with Crippen LogP contribution in [0.2, 0.25) is 5.02 Å². The molecule has 0 saturated heterocycles. The van der Waals surface area contributed by atoms with Crippen molar-refractivity contribution in [3.8, 4) is 11.5 Å². The van der Waals surface area contributed by atoms with Crippen molar-refractivity contribution in [1.29, 1.82) is 0 Å². The highest BCUT2D eigenvalue weighted by atomic mass is 35.5. The number of carbonyl (C=O) groups excluding carboxylic acids is 1. The molecule has 3 aromatic rings. The maximum Gasteiger partial charge on any atom is 0.253 e. The fraction of sp³-hybridized carbons (Fsp3) is 0.333. The zero-order valence-electron chi connectivity index (χ0n) is 15.8. The van der Waals surface area contributed by atoms with Gasteiger partial charge in [0.1, 0.15) is 5.82 Å². The van der Waals surface area contributed by atoms with Gasteiger partial charge in [0, 0.05) is 12.5 Å². The number of nitrogens with one attached hydrogen (secondary N) is 2. The Morgan fingerprint density at radius 2 is 1.89 bits per heavy atom. The Bertz CT molecular complexity index is 982. The molecule has 146 valence electrons. The van der Waals surface area contributed by atoms with Gasteiger partial charge in [0.05, 0.1) is 40.9 Å². The standard InChI is InChI=1S/C21H22ClN3O3/c1-12(2)19(20-23-15-6-3-4-7-16(15)24-20)25-21(26)13-10-17-18(11-14(13)22)28-9-5-8-27-17/h3-4,6-7,10-12,19H,5,8-9H2,1-2H3,(H,23,24)(H,25,26). The Morgan fingerprint density at radius 3 is 2.61 bits per heavy atom. The summed E-state index contributed by atoms with van der Waals surface area (Å²) in [6.07, 6.45) is 0.787. The molecule has 0 saturated carbocycles. The van der Waals surface area contributed by atoms with Crippen LogP contribution >= 0.6 is 11.6 Å². The van der Waals surface area contributed by atoms with Gasteiger partial charge in [0.25, 0.3) is 5.91 Å². The molecule has 1 amide bonds. The summed E-state index contributed by atoms with van der Waals surface area (Å²) in [6.45, 7) is 5.18. The van der Waals surface area contributed by atoms with Gasteiger partial charge in [-0.3, -0.25) is 4.79 Å². The van der Waals surface area contributed by atoms with E-state index in [-0.39, 0.29) is 17.9 Å². The lowest BCUT2D eigenvalue weighted by molar-refractivity contribution is 0.0923. The lowest BCUT2D eigenvalue weighted by Crippen LogP contribution is -2.32. The molecule has 2 N–H and O–H groups in total. The molecule has 2 aromatic carbocycles. The lowest BCUT2D eigenvalue weighted by Gasteiger charge is -2.21. The van der Waals surface area contributed by atoms with E-state index in [1.54, 1.807) is 12.1 Å². The molecule has 0 spiro atoms. The predicted molar refractivity (Wildman–Crippen MR) is 108 cm³/mol. The molecule has 0 fully saturated rings. The lowest BCUT2D eigenvalue weighted by atomic mass is 10.0. The third kappa shape index (κ3) is 3.64. The summed E-state index contributed by atoms with van der Waals surface area (Å²) < 4.78 is 11.3. The Labute approximate surface area is 168 Å². The molecule has 28 heavy (non-hydrogen) atoms. The van der Waals surface area contributed by atoms with Crippen LogP contribution < -0.4 is 14.8 Å². The van der Waals surface area contributed by atoms with Crippen LogP contribution in [0.1, 0.15) is 42.5 Å². The van der Waals surface area contributed by atoms with Crippen LogP contribution in [0.25, 0.3) is 11.0 Å². The van der Waals surface area contributed by atoms with Crippen LogP contribution in [0.3, 0.4) is 0 Å². The Morgan fingerprint density at radius 1 is 1.18 bits per heavy atom. The number of halogens is 1. The number of hydrogen-bond acceptors (Lipinski definition) is 4. The van der Waals surface area contributed by atoms with Gasteiger partial charge in [-0.15, -0.1) is 0 Å². The van der Waals surface area contributed by atoms with Crippen LogP contribution in [-0.2, 0) is 0 Å². The zero-order chi connectivity index (χ0) is 19.7. The highest BCUT2D eigenvalue weighted by Gasteiger charge is 2.25. The molecule has 1 aromatic heterocycles. The van der Waals surface area contributed by atoms with Gasteiger partial charge in [-0.1, -0.05) is 37.6 Å². The van der Waals surface area contributed by atoms with E-state index in [0.717, 1.165) is 23.3 Å². The fourth-order valence-electron chi connectivity index (χ4n) is 3.25. The number of para-hydroxylation sites is 2. The molecular formula is C21H22ClN3O3. The van der Waals surface area contributed by atoms with Crippen molar-refractivity contribution in [1.82, 2.24) is 15.3 Å². The minimum Gasteiger partial charge on any atom is -0.490 e. The zero-order valence-corrected chi connectivity index (χ0v) is 16.5. The number of aromatic amines is 1. The third-order valence-electron chi connectivity index (χ3n) is 4.74. The number of hydrogen-bond donors (Lipinski definition) is 2. The summed E-state index contributed by atoms with van der Waals surface area (Å²) in [7, 11) is 0. The van der Waals surface area contributed by atoms with E-state index in [0.29, 0.717) is 35.3 Å². The first-order valence-corrected chi connectivity index (χ1v) is 9.75. The summed E-state index contributed by atoms with van der Waals surface area (Å²) in [5, 5.41) is 3.39. The van der Waals surface area contributed by atoms with E-state index in [2.05, 4.69) is 15.3 Å². The molecule has 7 heteroatoms. The Balaban J connectivity index is 1.62. The van der Waals surface area contributed by atoms with Crippen molar-refractivity contribution in [3.63, 3.8) is 0 Å². The van der Waals surface area contributed by atoms with Gasteiger partial charge >= 0.3 is 0 Å². The number of ether oxygens (including phenoxy) is 2. The first-order valence-electron chi connectivity index (χ1n) is 9.37. The monoisotopic (exact) mass is 399 g/mol. The molecular weight excluding hydrogens is 378 g/mol. The van der Waals surface area contributed by atoms with Crippen molar-refractivity contribution in [2.45, 2.75) is 26.3 Å². The fourth-order valence-corrected chi connectivity index (χ4v) is 3.49. The van der Waals surface area contributed by atoms with Crippen LogP contribution in [0.4, 0.5) is 0 Å². The maximum absolute atomic E-state index is 13.0. The van der Waals surface area contributed by atoms with Gasteiger partial charge in [0.2, 0.25) is 0 Å². The van der Waals surface area contributed by atoms with Gasteiger partial charge in [-0.25, -0.2) is 4.98 Å². The molecule has 6 nitrogen and oxygen atoms in total. The second kappa shape index (κ2) is 7.72. The number of imidazole rings is 1. The van der Waals surface area contributed by atoms with E-state index >= 15 is 0 Å². The molecule has 0 aliphatic carbocycles. The van der Waals surface area contributed by atoms with Crippen LogP contribution in [0.5, 0.6) is 11.5 Å². The van der Waals surface area contributed by atoms with Crippen LogP contribution in [0.15, 0.2) is 36.4 Å². The first-order chi connectivity index (χ1) is 13.5. The smallest absolute Gasteiger partial charge is 0.253 e. The molecule has 1 aliphatic rings. The van der Waals surface area contributed by atoms with Crippen LogP contribution in [0, 0.1) is 5.92 Å². The number of carbonyl (C=O) groups is 1. The average molecular weight is 400 g/mol. The van der Waals surface area contributed by atoms with Gasteiger partial charge in [-0.2, -0.15) is 0 Å². The summed E-state index contributed by atoms with van der Waals surface area (Å²) >= 11 is 6.36. The molecule has 1 aliphatic heterocycles. The van der Waals surface area contributed by atoms with Gasteiger partial charge in [0.15, 0.2) is 11.5 Å². The normalized spacial score (nSPS) is 14.7. The number of H-pyrrole nitrogens is 1. The largest absolute Gasteiger partial charge is 0.490 e. The second-order valence-electron chi connectivity index (χ2n) is 7.16. The van der Waals surface area contributed by atoms with E-state index in [4.69, 9.17) is 21.1 Å². The highest BCUT2D eigenvalue weighted by Crippen LogP contribution is 2.35. The maximum atomic E-state index is 13.0. The highest BCUT2D eigenvalue weighted by molar-refractivity contribution is 6.34. The number of nitrogens with zero attached hydrogens (tertiary/aromatic N) is 1. The minimum atomic E-state index is -0.285. The molecule has 4 rings (SSSR count). The molecule has 0 bridgehead atoms. The summed E-state index contributed by atoms with van der Waals surface area (Å²) in [5.41, 5.74) is 2.16. The van der Waals surface area contributed by atoms with E-state index in [9.17, 15) is 4.79 Å². The SMILES string of the molecule is CC(C)C(NC(=O)c1cc2c(cc1Cl)OCCCO2)c1nc2ccccc2[nH]1. The number of aromatic nitrogens is 2. The van der Waals surface area contributed by atoms with Crippen LogP contribution in [-0.4, -0.2) is 29.1 Å². The Kier molecular flexibility index (Phi) is 5.13. The quantitative estimate of drug-likeness (QED) is 0.677. The van der Waals surface area contributed by atoms with Crippen molar-refractivity contribution in [3.05, 3.63) is 52.8 Å².